The van der Waals surface area contributed by atoms with Gasteiger partial charge in [-0.2, -0.15) is 15.1 Å². The molecule has 5 N–H and O–H groups in total. The van der Waals surface area contributed by atoms with Gasteiger partial charge in [0, 0.05) is 0 Å². The van der Waals surface area contributed by atoms with Crippen molar-refractivity contribution in [3.8, 4) is 11.6 Å². The molecule has 0 amide bonds. The summed E-state index contributed by atoms with van der Waals surface area (Å²) in [6.45, 7) is 15.3. The fourth-order valence-corrected chi connectivity index (χ4v) is 5.76. The minimum absolute atomic E-state index is 0.00616. The molecule has 1 aromatic carbocycles. The van der Waals surface area contributed by atoms with E-state index < -0.39 is 37.6 Å². The minimum Gasteiger partial charge on any atom is -0.476 e. The largest absolute Gasteiger partial charge is 0.476 e. The lowest BCUT2D eigenvalue weighted by atomic mass is 9.92. The second kappa shape index (κ2) is 12.6. The van der Waals surface area contributed by atoms with E-state index in [1.54, 1.807) is 41.8 Å². The van der Waals surface area contributed by atoms with Gasteiger partial charge in [-0.3, -0.25) is 13.9 Å². The second-order valence-corrected chi connectivity index (χ2v) is 13.3. The lowest BCUT2D eigenvalue weighted by Crippen LogP contribution is -2.43. The van der Waals surface area contributed by atoms with Gasteiger partial charge >= 0.3 is 13.7 Å². The van der Waals surface area contributed by atoms with Gasteiger partial charge in [-0.25, -0.2) is 9.55 Å². The van der Waals surface area contributed by atoms with E-state index in [4.69, 9.17) is 34.7 Å². The van der Waals surface area contributed by atoms with E-state index in [0.717, 1.165) is 0 Å². The number of ether oxygens (including phenoxy) is 3. The zero-order chi connectivity index (χ0) is 31.6. The Morgan fingerprint density at radius 3 is 2.63 bits per heavy atom. The van der Waals surface area contributed by atoms with Crippen molar-refractivity contribution in [2.75, 3.05) is 25.6 Å². The molecule has 1 aliphatic rings. The standard InChI is InChI=1S/C28H40N7O7P/c1-8-38-23-21-22(32-26(29)33-23)35(16-31-21)25-28(7,30)17(2)20(41-25)14-40-43(37,42-19-12-10-9-11-13-19)34-18(3)24(36)39-15-27(4,5)6/h9-13,16,18,20,25H,2,8,14-15,30H2,1,3-7H3,(H,34,37)(H2,29,32,33). The first-order valence-corrected chi connectivity index (χ1v) is 15.4. The van der Waals surface area contributed by atoms with Crippen LogP contribution in [0.25, 0.3) is 11.2 Å². The van der Waals surface area contributed by atoms with Gasteiger partial charge < -0.3 is 30.2 Å². The summed E-state index contributed by atoms with van der Waals surface area (Å²) in [5.74, 6) is -0.104. The van der Waals surface area contributed by atoms with Crippen molar-refractivity contribution in [1.82, 2.24) is 24.6 Å². The molecule has 1 aliphatic heterocycles. The minimum atomic E-state index is -4.16. The van der Waals surface area contributed by atoms with Crippen molar-refractivity contribution in [3.05, 3.63) is 48.8 Å². The van der Waals surface area contributed by atoms with Crippen LogP contribution in [0.2, 0.25) is 0 Å². The molecule has 3 aromatic rings. The predicted molar refractivity (Wildman–Crippen MR) is 160 cm³/mol. The fourth-order valence-electron chi connectivity index (χ4n) is 4.27. The van der Waals surface area contributed by atoms with Gasteiger partial charge in [0.25, 0.3) is 0 Å². The molecule has 14 nitrogen and oxygen atoms in total. The van der Waals surface area contributed by atoms with Crippen LogP contribution in [-0.4, -0.2) is 63.0 Å². The first-order valence-electron chi connectivity index (χ1n) is 13.8. The highest BCUT2D eigenvalue weighted by Gasteiger charge is 2.48. The van der Waals surface area contributed by atoms with Gasteiger partial charge in [0.05, 0.1) is 31.7 Å². The van der Waals surface area contributed by atoms with Crippen molar-refractivity contribution >= 4 is 30.8 Å². The summed E-state index contributed by atoms with van der Waals surface area (Å²) >= 11 is 0. The number of carbonyl (C=O) groups excluding carboxylic acids is 1. The Kier molecular flexibility index (Phi) is 9.48. The molecule has 5 unspecified atom stereocenters. The molecule has 0 saturated carbocycles. The van der Waals surface area contributed by atoms with E-state index in [0.29, 0.717) is 23.3 Å². The molecule has 43 heavy (non-hydrogen) atoms. The number of hydrogen-bond donors (Lipinski definition) is 3. The van der Waals surface area contributed by atoms with Crippen LogP contribution in [0.5, 0.6) is 11.6 Å². The SMILES string of the molecule is C=C1C(COP(=O)(NC(C)C(=O)OCC(C)(C)C)Oc2ccccc2)OC(n2cnc3c(OCC)nc(N)nc32)C1(C)N. The maximum absolute atomic E-state index is 14.0. The number of fused-ring (bicyclic) bond motifs is 1. The summed E-state index contributed by atoms with van der Waals surface area (Å²) in [6.07, 6.45) is -0.152. The van der Waals surface area contributed by atoms with Crippen LogP contribution < -0.4 is 25.8 Å². The molecule has 0 spiro atoms. The number of hydrogen-bond acceptors (Lipinski definition) is 12. The van der Waals surface area contributed by atoms with Gasteiger partial charge in [0.2, 0.25) is 11.8 Å². The summed E-state index contributed by atoms with van der Waals surface area (Å²) in [5, 5.41) is 2.68. The average molecular weight is 618 g/mol. The lowest BCUT2D eigenvalue weighted by molar-refractivity contribution is -0.148. The van der Waals surface area contributed by atoms with Gasteiger partial charge in [-0.05, 0) is 43.9 Å². The van der Waals surface area contributed by atoms with Crippen LogP contribution in [0.4, 0.5) is 5.95 Å². The van der Waals surface area contributed by atoms with Crippen molar-refractivity contribution in [2.24, 2.45) is 11.1 Å². The number of anilines is 1. The number of nitrogens with zero attached hydrogens (tertiary/aromatic N) is 4. The smallest absolute Gasteiger partial charge is 0.459 e. The first kappa shape index (κ1) is 32.4. The number of nitrogen functional groups attached to an aromatic ring is 1. The van der Waals surface area contributed by atoms with Crippen LogP contribution in [0.15, 0.2) is 48.8 Å². The van der Waals surface area contributed by atoms with Gasteiger partial charge in [0.1, 0.15) is 17.9 Å². The van der Waals surface area contributed by atoms with Crippen molar-refractivity contribution in [1.29, 1.82) is 0 Å². The van der Waals surface area contributed by atoms with Crippen molar-refractivity contribution in [3.63, 3.8) is 0 Å². The molecule has 0 aliphatic carbocycles. The summed E-state index contributed by atoms with van der Waals surface area (Å²) in [5.41, 5.74) is 12.5. The van der Waals surface area contributed by atoms with Gasteiger partial charge in [0.15, 0.2) is 17.4 Å². The Balaban J connectivity index is 1.55. The van der Waals surface area contributed by atoms with Crippen LogP contribution in [0.1, 0.15) is 47.8 Å². The Labute approximate surface area is 250 Å². The zero-order valence-electron chi connectivity index (χ0n) is 25.3. The number of rotatable bonds is 12. The van der Waals surface area contributed by atoms with Gasteiger partial charge in [-0.15, -0.1) is 0 Å². The Hall–Kier alpha value is -3.55. The molecule has 234 valence electrons. The van der Waals surface area contributed by atoms with E-state index in [9.17, 15) is 9.36 Å². The first-order chi connectivity index (χ1) is 20.1. The molecular weight excluding hydrogens is 577 g/mol. The van der Waals surface area contributed by atoms with Crippen LogP contribution in [0, 0.1) is 5.41 Å². The van der Waals surface area contributed by atoms with E-state index in [1.165, 1.54) is 13.3 Å². The van der Waals surface area contributed by atoms with E-state index in [1.807, 2.05) is 27.7 Å². The number of nitrogens with one attached hydrogen (secondary N) is 1. The van der Waals surface area contributed by atoms with E-state index in [-0.39, 0.29) is 36.2 Å². The monoisotopic (exact) mass is 617 g/mol. The maximum atomic E-state index is 14.0. The third kappa shape index (κ3) is 7.51. The topological polar surface area (TPSA) is 188 Å². The normalized spacial score (nSPS) is 22.7. The van der Waals surface area contributed by atoms with E-state index >= 15 is 0 Å². The van der Waals surface area contributed by atoms with Crippen LogP contribution >= 0.6 is 7.75 Å². The van der Waals surface area contributed by atoms with E-state index in [2.05, 4.69) is 26.6 Å². The molecule has 4 rings (SSSR count). The van der Waals surface area contributed by atoms with Crippen molar-refractivity contribution in [2.45, 2.75) is 65.5 Å². The Morgan fingerprint density at radius 1 is 1.28 bits per heavy atom. The Bertz CT molecular complexity index is 1510. The zero-order valence-corrected chi connectivity index (χ0v) is 26.2. The number of esters is 1. The molecule has 0 bridgehead atoms. The summed E-state index contributed by atoms with van der Waals surface area (Å²) in [4.78, 5) is 25.5. The summed E-state index contributed by atoms with van der Waals surface area (Å²) in [6, 6.07) is 7.44. The highest BCUT2D eigenvalue weighted by molar-refractivity contribution is 7.52. The second-order valence-electron chi connectivity index (χ2n) is 11.6. The molecule has 15 heteroatoms. The fraction of sp³-hybridized carbons (Fsp3) is 0.500. The highest BCUT2D eigenvalue weighted by Crippen LogP contribution is 2.48. The molecule has 3 heterocycles. The molecule has 1 fully saturated rings. The summed E-state index contributed by atoms with van der Waals surface area (Å²) < 4.78 is 44.5. The van der Waals surface area contributed by atoms with Crippen LogP contribution in [0.3, 0.4) is 0 Å². The molecule has 2 aromatic heterocycles. The third-order valence-corrected chi connectivity index (χ3v) is 8.19. The quantitative estimate of drug-likeness (QED) is 0.152. The molecule has 0 radical (unpaired) electrons. The van der Waals surface area contributed by atoms with Gasteiger partial charge in [-0.1, -0.05) is 45.5 Å². The van der Waals surface area contributed by atoms with Crippen molar-refractivity contribution < 1.29 is 32.6 Å². The average Bonchev–Trinajstić information content (AvgIpc) is 3.44. The third-order valence-electron chi connectivity index (χ3n) is 6.54. The number of nitrogens with two attached hydrogens (primary N) is 2. The number of benzene rings is 1. The van der Waals surface area contributed by atoms with Crippen LogP contribution in [-0.2, 0) is 23.4 Å². The lowest BCUT2D eigenvalue weighted by Gasteiger charge is -2.27. The predicted octanol–water partition coefficient (Wildman–Crippen LogP) is 3.75. The number of para-hydroxylation sites is 1. The molecular formula is C28H40N7O7P. The Morgan fingerprint density at radius 2 is 1.98 bits per heavy atom. The molecule has 5 atom stereocenters. The summed E-state index contributed by atoms with van der Waals surface area (Å²) in [7, 11) is -4.16. The number of carbonyl (C=O) groups is 1. The molecule has 1 saturated heterocycles. The highest BCUT2D eigenvalue weighted by atomic mass is 31.2. The number of imidazole rings is 1. The maximum Gasteiger partial charge on any atom is 0.459 e. The number of aromatic nitrogens is 4.